The lowest BCUT2D eigenvalue weighted by atomic mass is 10.3. The second-order valence-corrected chi connectivity index (χ2v) is 4.56. The fourth-order valence-electron chi connectivity index (χ4n) is 1.77. The summed E-state index contributed by atoms with van der Waals surface area (Å²) in [6.45, 7) is 0.693. The van der Waals surface area contributed by atoms with Crippen molar-refractivity contribution in [1.82, 2.24) is 19.9 Å². The Kier molecular flexibility index (Phi) is 4.89. The third kappa shape index (κ3) is 3.92. The number of hydrogen-bond acceptors (Lipinski definition) is 5. The van der Waals surface area contributed by atoms with Gasteiger partial charge in [-0.3, -0.25) is 4.79 Å². The molecule has 0 radical (unpaired) electrons. The molecule has 20 heavy (non-hydrogen) atoms. The average Bonchev–Trinajstić information content (AvgIpc) is 3.08. The van der Waals surface area contributed by atoms with Gasteiger partial charge in [-0.05, 0) is 25.0 Å². The Morgan fingerprint density at radius 3 is 3.10 bits per heavy atom. The van der Waals surface area contributed by atoms with E-state index in [4.69, 9.17) is 9.52 Å². The van der Waals surface area contributed by atoms with E-state index in [1.54, 1.807) is 30.5 Å². The van der Waals surface area contributed by atoms with Gasteiger partial charge in [-0.15, -0.1) is 5.10 Å². The van der Waals surface area contributed by atoms with Gasteiger partial charge in [-0.2, -0.15) is 0 Å². The number of aliphatic hydroxyl groups is 1. The lowest BCUT2D eigenvalue weighted by Gasteiger charge is -2.15. The molecule has 0 spiro atoms. The van der Waals surface area contributed by atoms with Gasteiger partial charge in [-0.25, -0.2) is 4.68 Å². The molecule has 0 aliphatic heterocycles. The molecule has 0 fully saturated rings. The summed E-state index contributed by atoms with van der Waals surface area (Å²) in [6, 6.07) is 3.62. The van der Waals surface area contributed by atoms with E-state index in [-0.39, 0.29) is 19.1 Å². The molecule has 2 rings (SSSR count). The molecule has 1 N–H and O–H groups in total. The van der Waals surface area contributed by atoms with Crippen LogP contribution in [-0.2, 0) is 24.3 Å². The molecule has 2 aromatic rings. The molecule has 0 aliphatic rings. The van der Waals surface area contributed by atoms with Crippen molar-refractivity contribution in [3.05, 3.63) is 36.0 Å². The molecule has 0 saturated heterocycles. The van der Waals surface area contributed by atoms with Crippen molar-refractivity contribution >= 4 is 5.91 Å². The van der Waals surface area contributed by atoms with Gasteiger partial charge in [0.15, 0.2) is 0 Å². The summed E-state index contributed by atoms with van der Waals surface area (Å²) in [5.74, 6) is 0.670. The number of amides is 1. The van der Waals surface area contributed by atoms with Gasteiger partial charge in [0.2, 0.25) is 5.91 Å². The molecule has 108 valence electrons. The van der Waals surface area contributed by atoms with Gasteiger partial charge >= 0.3 is 0 Å². The third-order valence-corrected chi connectivity index (χ3v) is 2.87. The second kappa shape index (κ2) is 6.85. The molecule has 2 heterocycles. The van der Waals surface area contributed by atoms with Crippen LogP contribution in [0.25, 0.3) is 0 Å². The molecule has 1 amide bonds. The van der Waals surface area contributed by atoms with Gasteiger partial charge in [-0.1, -0.05) is 5.21 Å². The summed E-state index contributed by atoms with van der Waals surface area (Å²) in [7, 11) is 1.72. The number of furan rings is 1. The van der Waals surface area contributed by atoms with E-state index in [2.05, 4.69) is 10.3 Å². The summed E-state index contributed by atoms with van der Waals surface area (Å²) < 4.78 is 6.71. The lowest BCUT2D eigenvalue weighted by Crippen LogP contribution is -2.29. The number of rotatable bonds is 7. The Morgan fingerprint density at radius 1 is 1.55 bits per heavy atom. The number of nitrogens with zero attached hydrogens (tertiary/aromatic N) is 4. The molecule has 0 aromatic carbocycles. The lowest BCUT2D eigenvalue weighted by molar-refractivity contribution is -0.131. The molecule has 0 saturated carbocycles. The molecule has 0 aliphatic carbocycles. The minimum atomic E-state index is -0.0694. The first-order chi connectivity index (χ1) is 9.69. The van der Waals surface area contributed by atoms with Crippen LogP contribution in [-0.4, -0.2) is 44.6 Å². The van der Waals surface area contributed by atoms with Crippen LogP contribution in [0.15, 0.2) is 29.0 Å². The second-order valence-electron chi connectivity index (χ2n) is 4.56. The van der Waals surface area contributed by atoms with E-state index >= 15 is 0 Å². The maximum absolute atomic E-state index is 12.0. The monoisotopic (exact) mass is 278 g/mol. The molecule has 0 atom stereocenters. The van der Waals surface area contributed by atoms with Crippen LogP contribution in [0.2, 0.25) is 0 Å². The standard InChI is InChI=1S/C13H18N4O3/c1-16(9-12-5-3-7-20-12)13(19)10-17-8-11(14-15-17)4-2-6-18/h3,5,7-8,18H,2,4,6,9-10H2,1H3. The fourth-order valence-corrected chi connectivity index (χ4v) is 1.77. The van der Waals surface area contributed by atoms with Crippen molar-refractivity contribution in [2.45, 2.75) is 25.9 Å². The highest BCUT2D eigenvalue weighted by molar-refractivity contribution is 5.75. The van der Waals surface area contributed by atoms with E-state index in [9.17, 15) is 4.79 Å². The quantitative estimate of drug-likeness (QED) is 0.795. The van der Waals surface area contributed by atoms with Crippen LogP contribution >= 0.6 is 0 Å². The molecule has 7 heteroatoms. The number of aromatic nitrogens is 3. The van der Waals surface area contributed by atoms with Crippen molar-refractivity contribution in [3.63, 3.8) is 0 Å². The Hall–Kier alpha value is -2.15. The molecule has 7 nitrogen and oxygen atoms in total. The highest BCUT2D eigenvalue weighted by atomic mass is 16.3. The molecule has 0 unspecified atom stereocenters. The zero-order valence-corrected chi connectivity index (χ0v) is 11.4. The Bertz CT molecular complexity index is 536. The van der Waals surface area contributed by atoms with Gasteiger partial charge in [0, 0.05) is 19.9 Å². The van der Waals surface area contributed by atoms with E-state index < -0.39 is 0 Å². The number of hydrogen-bond donors (Lipinski definition) is 1. The number of likely N-dealkylation sites (N-methyl/N-ethyl adjacent to an activating group) is 1. The Labute approximate surface area is 116 Å². The third-order valence-electron chi connectivity index (χ3n) is 2.87. The van der Waals surface area contributed by atoms with Crippen molar-refractivity contribution < 1.29 is 14.3 Å². The number of aliphatic hydroxyl groups excluding tert-OH is 1. The summed E-state index contributed by atoms with van der Waals surface area (Å²) >= 11 is 0. The van der Waals surface area contributed by atoms with Crippen LogP contribution in [0.4, 0.5) is 0 Å². The fraction of sp³-hybridized carbons (Fsp3) is 0.462. The van der Waals surface area contributed by atoms with Crippen LogP contribution < -0.4 is 0 Å². The normalized spacial score (nSPS) is 10.7. The van der Waals surface area contributed by atoms with Crippen LogP contribution in [0.3, 0.4) is 0 Å². The minimum Gasteiger partial charge on any atom is -0.467 e. The number of carbonyl (C=O) groups excluding carboxylic acids is 1. The Morgan fingerprint density at radius 2 is 2.40 bits per heavy atom. The highest BCUT2D eigenvalue weighted by Crippen LogP contribution is 2.05. The first kappa shape index (κ1) is 14.3. The summed E-state index contributed by atoms with van der Waals surface area (Å²) in [6.07, 6.45) is 4.62. The van der Waals surface area contributed by atoms with Crippen molar-refractivity contribution in [3.8, 4) is 0 Å². The number of aryl methyl sites for hydroxylation is 1. The first-order valence-corrected chi connectivity index (χ1v) is 6.45. The summed E-state index contributed by atoms with van der Waals surface area (Å²) in [5.41, 5.74) is 0.778. The summed E-state index contributed by atoms with van der Waals surface area (Å²) in [4.78, 5) is 13.6. The van der Waals surface area contributed by atoms with E-state index in [1.165, 1.54) is 4.68 Å². The van der Waals surface area contributed by atoms with Crippen LogP contribution in [0.1, 0.15) is 17.9 Å². The zero-order valence-electron chi connectivity index (χ0n) is 11.4. The van der Waals surface area contributed by atoms with Gasteiger partial charge in [0.1, 0.15) is 12.3 Å². The summed E-state index contributed by atoms with van der Waals surface area (Å²) in [5, 5.41) is 16.6. The molecular weight excluding hydrogens is 260 g/mol. The first-order valence-electron chi connectivity index (χ1n) is 6.45. The minimum absolute atomic E-state index is 0.0694. The van der Waals surface area contributed by atoms with Gasteiger partial charge < -0.3 is 14.4 Å². The predicted molar refractivity (Wildman–Crippen MR) is 70.6 cm³/mol. The van der Waals surface area contributed by atoms with Crippen molar-refractivity contribution in [2.75, 3.05) is 13.7 Å². The smallest absolute Gasteiger partial charge is 0.244 e. The van der Waals surface area contributed by atoms with E-state index in [0.29, 0.717) is 19.4 Å². The van der Waals surface area contributed by atoms with E-state index in [0.717, 1.165) is 11.5 Å². The van der Waals surface area contributed by atoms with Crippen molar-refractivity contribution in [2.24, 2.45) is 0 Å². The van der Waals surface area contributed by atoms with Crippen molar-refractivity contribution in [1.29, 1.82) is 0 Å². The topological polar surface area (TPSA) is 84.4 Å². The number of carbonyl (C=O) groups is 1. The largest absolute Gasteiger partial charge is 0.467 e. The maximum atomic E-state index is 12.0. The average molecular weight is 278 g/mol. The Balaban J connectivity index is 1.85. The maximum Gasteiger partial charge on any atom is 0.244 e. The van der Waals surface area contributed by atoms with Crippen LogP contribution in [0.5, 0.6) is 0 Å². The van der Waals surface area contributed by atoms with Gasteiger partial charge in [0.05, 0.1) is 18.5 Å². The SMILES string of the molecule is CN(Cc1ccco1)C(=O)Cn1cc(CCCO)nn1. The molecular formula is C13H18N4O3. The molecule has 0 bridgehead atoms. The van der Waals surface area contributed by atoms with Gasteiger partial charge in [0.25, 0.3) is 0 Å². The predicted octanol–water partition coefficient (Wildman–Crippen LogP) is 0.455. The molecule has 2 aromatic heterocycles. The van der Waals surface area contributed by atoms with E-state index in [1.807, 2.05) is 6.07 Å². The highest BCUT2D eigenvalue weighted by Gasteiger charge is 2.12. The van der Waals surface area contributed by atoms with Crippen LogP contribution in [0, 0.1) is 0 Å². The zero-order chi connectivity index (χ0) is 14.4.